The van der Waals surface area contributed by atoms with E-state index in [1.54, 1.807) is 34.8 Å². The number of nitrogens with one attached hydrogen (secondary N) is 1. The van der Waals surface area contributed by atoms with Crippen LogP contribution in [0, 0.1) is 6.92 Å². The molecule has 0 saturated heterocycles. The SMILES string of the molecule is Cc1ccc(S(C)(=O)=O)cc1NCc1csc(-c2cccs2)n1. The van der Waals surface area contributed by atoms with Crippen LogP contribution in [-0.4, -0.2) is 19.7 Å². The van der Waals surface area contributed by atoms with E-state index in [-0.39, 0.29) is 0 Å². The molecule has 3 rings (SSSR count). The molecule has 0 bridgehead atoms. The van der Waals surface area contributed by atoms with Gasteiger partial charge in [-0.3, -0.25) is 0 Å². The molecule has 1 N–H and O–H groups in total. The number of thiazole rings is 1. The summed E-state index contributed by atoms with van der Waals surface area (Å²) in [7, 11) is -3.20. The molecule has 0 spiro atoms. The maximum Gasteiger partial charge on any atom is 0.175 e. The van der Waals surface area contributed by atoms with Gasteiger partial charge in [0, 0.05) is 17.3 Å². The largest absolute Gasteiger partial charge is 0.379 e. The van der Waals surface area contributed by atoms with Crippen LogP contribution in [0.25, 0.3) is 9.88 Å². The molecule has 4 nitrogen and oxygen atoms in total. The molecule has 2 heterocycles. The molecule has 0 aliphatic heterocycles. The van der Waals surface area contributed by atoms with E-state index in [1.165, 1.54) is 6.26 Å². The van der Waals surface area contributed by atoms with E-state index in [2.05, 4.69) is 16.4 Å². The molecule has 120 valence electrons. The van der Waals surface area contributed by atoms with Crippen LogP contribution in [-0.2, 0) is 16.4 Å². The first-order valence-electron chi connectivity index (χ1n) is 6.96. The topological polar surface area (TPSA) is 59.1 Å². The van der Waals surface area contributed by atoms with Gasteiger partial charge in [0.1, 0.15) is 5.01 Å². The number of anilines is 1. The van der Waals surface area contributed by atoms with Crippen LogP contribution in [0.2, 0.25) is 0 Å². The van der Waals surface area contributed by atoms with Gasteiger partial charge in [0.05, 0.1) is 22.0 Å². The number of benzene rings is 1. The van der Waals surface area contributed by atoms with Crippen molar-refractivity contribution in [3.8, 4) is 9.88 Å². The number of thiophene rings is 1. The van der Waals surface area contributed by atoms with Crippen molar-refractivity contribution in [2.24, 2.45) is 0 Å². The Morgan fingerprint density at radius 2 is 2.04 bits per heavy atom. The minimum absolute atomic E-state index is 0.322. The third kappa shape index (κ3) is 3.80. The van der Waals surface area contributed by atoms with Gasteiger partial charge in [-0.2, -0.15) is 0 Å². The summed E-state index contributed by atoms with van der Waals surface area (Å²) in [5.41, 5.74) is 2.77. The van der Waals surface area contributed by atoms with Crippen molar-refractivity contribution in [3.05, 3.63) is 52.3 Å². The molecule has 0 unspecified atom stereocenters. The summed E-state index contributed by atoms with van der Waals surface area (Å²) in [5, 5.41) is 8.36. The third-order valence-corrected chi connectivity index (χ3v) is 6.42. The summed E-state index contributed by atoms with van der Waals surface area (Å²) in [6.07, 6.45) is 1.22. The van der Waals surface area contributed by atoms with Crippen molar-refractivity contribution in [3.63, 3.8) is 0 Å². The maximum atomic E-state index is 11.7. The number of rotatable bonds is 5. The zero-order valence-electron chi connectivity index (χ0n) is 12.7. The Hall–Kier alpha value is -1.70. The van der Waals surface area contributed by atoms with Gasteiger partial charge < -0.3 is 5.32 Å². The second-order valence-corrected chi connectivity index (χ2v) is 9.05. The fraction of sp³-hybridized carbons (Fsp3) is 0.188. The molecule has 0 aliphatic carbocycles. The minimum Gasteiger partial charge on any atom is -0.379 e. The van der Waals surface area contributed by atoms with Crippen molar-refractivity contribution in [2.45, 2.75) is 18.4 Å². The molecule has 2 aromatic heterocycles. The van der Waals surface area contributed by atoms with E-state index >= 15 is 0 Å². The number of sulfone groups is 1. The molecule has 0 radical (unpaired) electrons. The fourth-order valence-electron chi connectivity index (χ4n) is 2.11. The van der Waals surface area contributed by atoms with Crippen LogP contribution < -0.4 is 5.32 Å². The lowest BCUT2D eigenvalue weighted by molar-refractivity contribution is 0.602. The molecular weight excluding hydrogens is 348 g/mol. The first kappa shape index (κ1) is 16.2. The summed E-state index contributed by atoms with van der Waals surface area (Å²) < 4.78 is 23.3. The highest BCUT2D eigenvalue weighted by Gasteiger charge is 2.10. The highest BCUT2D eigenvalue weighted by Crippen LogP contribution is 2.28. The lowest BCUT2D eigenvalue weighted by atomic mass is 10.2. The van der Waals surface area contributed by atoms with Gasteiger partial charge in [0.2, 0.25) is 0 Å². The molecule has 3 aromatic rings. The predicted molar refractivity (Wildman–Crippen MR) is 97.0 cm³/mol. The predicted octanol–water partition coefficient (Wildman–Crippen LogP) is 4.20. The molecule has 7 heteroatoms. The van der Waals surface area contributed by atoms with Crippen molar-refractivity contribution in [1.29, 1.82) is 0 Å². The van der Waals surface area contributed by atoms with Crippen molar-refractivity contribution >= 4 is 38.2 Å². The summed E-state index contributed by atoms with van der Waals surface area (Å²) in [6.45, 7) is 2.52. The molecule has 0 atom stereocenters. The molecule has 1 aromatic carbocycles. The van der Waals surface area contributed by atoms with Crippen LogP contribution in [0.3, 0.4) is 0 Å². The molecule has 0 fully saturated rings. The van der Waals surface area contributed by atoms with E-state index in [1.807, 2.05) is 29.8 Å². The average Bonchev–Trinajstić information content (AvgIpc) is 3.16. The Bertz CT molecular complexity index is 913. The van der Waals surface area contributed by atoms with E-state index in [4.69, 9.17) is 0 Å². The first-order valence-corrected chi connectivity index (χ1v) is 10.6. The third-order valence-electron chi connectivity index (χ3n) is 3.38. The quantitative estimate of drug-likeness (QED) is 0.737. The molecule has 23 heavy (non-hydrogen) atoms. The first-order chi connectivity index (χ1) is 10.9. The average molecular weight is 365 g/mol. The zero-order valence-corrected chi connectivity index (χ0v) is 15.2. The second kappa shape index (κ2) is 6.43. The highest BCUT2D eigenvalue weighted by molar-refractivity contribution is 7.90. The van der Waals surface area contributed by atoms with E-state index < -0.39 is 9.84 Å². The summed E-state index contributed by atoms with van der Waals surface area (Å²) >= 11 is 3.29. The van der Waals surface area contributed by atoms with E-state index in [0.717, 1.165) is 26.8 Å². The van der Waals surface area contributed by atoms with Gasteiger partial charge >= 0.3 is 0 Å². The summed E-state index contributed by atoms with van der Waals surface area (Å²) in [5.74, 6) is 0. The van der Waals surface area contributed by atoms with Crippen LogP contribution in [0.5, 0.6) is 0 Å². The normalized spacial score (nSPS) is 11.6. The molecule has 0 aliphatic rings. The van der Waals surface area contributed by atoms with Crippen LogP contribution >= 0.6 is 22.7 Å². The van der Waals surface area contributed by atoms with Crippen molar-refractivity contribution in [1.82, 2.24) is 4.98 Å². The minimum atomic E-state index is -3.20. The molecule has 0 amide bonds. The number of aromatic nitrogens is 1. The van der Waals surface area contributed by atoms with Crippen LogP contribution in [0.1, 0.15) is 11.3 Å². The number of nitrogens with zero attached hydrogens (tertiary/aromatic N) is 1. The van der Waals surface area contributed by atoms with Gasteiger partial charge in [-0.05, 0) is 36.1 Å². The Morgan fingerprint density at radius 1 is 1.22 bits per heavy atom. The lowest BCUT2D eigenvalue weighted by Crippen LogP contribution is -2.04. The number of hydrogen-bond donors (Lipinski definition) is 1. The summed E-state index contributed by atoms with van der Waals surface area (Å²) in [4.78, 5) is 6.10. The van der Waals surface area contributed by atoms with Crippen molar-refractivity contribution < 1.29 is 8.42 Å². The zero-order chi connectivity index (χ0) is 16.4. The Kier molecular flexibility index (Phi) is 4.52. The Balaban J connectivity index is 1.76. The lowest BCUT2D eigenvalue weighted by Gasteiger charge is -2.10. The van der Waals surface area contributed by atoms with Crippen LogP contribution in [0.15, 0.2) is 46.0 Å². The highest BCUT2D eigenvalue weighted by atomic mass is 32.2. The van der Waals surface area contributed by atoms with Gasteiger partial charge in [-0.25, -0.2) is 13.4 Å². The number of aryl methyl sites for hydroxylation is 1. The Labute approximate surface area is 143 Å². The van der Waals surface area contributed by atoms with Gasteiger partial charge in [-0.1, -0.05) is 12.1 Å². The summed E-state index contributed by atoms with van der Waals surface area (Å²) in [6, 6.07) is 9.20. The second-order valence-electron chi connectivity index (χ2n) is 5.22. The smallest absolute Gasteiger partial charge is 0.175 e. The molecule has 0 saturated carbocycles. The standard InChI is InChI=1S/C16H16N2O2S3/c1-11-5-6-13(23(2,19)20)8-14(11)17-9-12-10-22-16(18-12)15-4-3-7-21-15/h3-8,10,17H,9H2,1-2H3. The monoisotopic (exact) mass is 364 g/mol. The van der Waals surface area contributed by atoms with Gasteiger partial charge in [-0.15, -0.1) is 22.7 Å². The molecular formula is C16H16N2O2S3. The fourth-order valence-corrected chi connectivity index (χ4v) is 4.39. The van der Waals surface area contributed by atoms with Gasteiger partial charge in [0.15, 0.2) is 9.84 Å². The van der Waals surface area contributed by atoms with Crippen molar-refractivity contribution in [2.75, 3.05) is 11.6 Å². The number of hydrogen-bond acceptors (Lipinski definition) is 6. The van der Waals surface area contributed by atoms with Crippen LogP contribution in [0.4, 0.5) is 5.69 Å². The van der Waals surface area contributed by atoms with E-state index in [9.17, 15) is 8.42 Å². The van der Waals surface area contributed by atoms with E-state index in [0.29, 0.717) is 11.4 Å². The van der Waals surface area contributed by atoms with Gasteiger partial charge in [0.25, 0.3) is 0 Å². The Morgan fingerprint density at radius 3 is 2.74 bits per heavy atom. The maximum absolute atomic E-state index is 11.7.